The molecule has 0 N–H and O–H groups in total. The summed E-state index contributed by atoms with van der Waals surface area (Å²) in [4.78, 5) is 26.7. The van der Waals surface area contributed by atoms with Crippen LogP contribution in [-0.4, -0.2) is 70.9 Å². The normalized spacial score (nSPS) is 28.8. The van der Waals surface area contributed by atoms with Crippen LogP contribution in [0.2, 0.25) is 0 Å². The second-order valence-corrected chi connectivity index (χ2v) is 8.69. The van der Waals surface area contributed by atoms with E-state index in [1.165, 1.54) is 6.21 Å². The van der Waals surface area contributed by atoms with E-state index in [9.17, 15) is 18.0 Å². The summed E-state index contributed by atoms with van der Waals surface area (Å²) in [6.45, 7) is 10.00. The van der Waals surface area contributed by atoms with Gasteiger partial charge in [-0.05, 0) is 32.4 Å². The standard InChI is InChI=1S/C19H24Cl2F3N5O2/c1-10-8-25-14(20)13(22)11(2)26-17(21)27-16(10)28-6-7-29(12(9-28)15(23)24)18(30)31-19(3,4)5/h8,10,12,15H,2,6-7,9H2,1,3-5H3/b14-13+,25-8-,26-17?,27-16+. The summed E-state index contributed by atoms with van der Waals surface area (Å²) in [5.74, 6) is -1.25. The lowest BCUT2D eigenvalue weighted by Crippen LogP contribution is -2.60. The summed E-state index contributed by atoms with van der Waals surface area (Å²) in [5, 5.41) is -0.809. The van der Waals surface area contributed by atoms with Crippen molar-refractivity contribution >= 4 is 46.6 Å². The third-order valence-electron chi connectivity index (χ3n) is 4.35. The Morgan fingerprint density at radius 2 is 1.94 bits per heavy atom. The minimum absolute atomic E-state index is 0.0242. The van der Waals surface area contributed by atoms with E-state index >= 15 is 0 Å². The molecular formula is C19H24Cl2F3N5O2. The zero-order chi connectivity index (χ0) is 23.5. The minimum Gasteiger partial charge on any atom is -0.444 e. The number of amides is 1. The number of carbonyl (C=O) groups excluding carboxylic acids is 1. The predicted octanol–water partition coefficient (Wildman–Crippen LogP) is 4.78. The van der Waals surface area contributed by atoms with Crippen LogP contribution in [0.4, 0.5) is 18.0 Å². The molecule has 0 radical (unpaired) electrons. The van der Waals surface area contributed by atoms with Crippen LogP contribution in [0.5, 0.6) is 0 Å². The zero-order valence-electron chi connectivity index (χ0n) is 17.6. The number of halogens is 5. The number of allylic oxidation sites excluding steroid dienone is 1. The van der Waals surface area contributed by atoms with Crippen LogP contribution in [0.25, 0.3) is 0 Å². The molecule has 31 heavy (non-hydrogen) atoms. The Balaban J connectivity index is 2.33. The molecule has 0 aliphatic carbocycles. The Labute approximate surface area is 189 Å². The van der Waals surface area contributed by atoms with E-state index in [2.05, 4.69) is 21.6 Å². The molecule has 0 bridgehead atoms. The van der Waals surface area contributed by atoms with Gasteiger partial charge >= 0.3 is 6.09 Å². The average Bonchev–Trinajstić information content (AvgIpc) is 2.66. The van der Waals surface area contributed by atoms with Crippen molar-refractivity contribution < 1.29 is 22.7 Å². The van der Waals surface area contributed by atoms with Gasteiger partial charge in [0.2, 0.25) is 5.29 Å². The minimum atomic E-state index is -2.82. The van der Waals surface area contributed by atoms with Gasteiger partial charge in [0.1, 0.15) is 17.5 Å². The van der Waals surface area contributed by atoms with Crippen molar-refractivity contribution in [1.82, 2.24) is 9.80 Å². The molecule has 2 aliphatic heterocycles. The Morgan fingerprint density at radius 3 is 2.52 bits per heavy atom. The molecule has 1 fully saturated rings. The number of ether oxygens (including phenoxy) is 1. The van der Waals surface area contributed by atoms with Crippen molar-refractivity contribution in [2.45, 2.75) is 45.8 Å². The summed E-state index contributed by atoms with van der Waals surface area (Å²) in [6, 6.07) is -1.43. The van der Waals surface area contributed by atoms with Gasteiger partial charge in [0, 0.05) is 31.8 Å². The highest BCUT2D eigenvalue weighted by Crippen LogP contribution is 2.24. The molecule has 0 aromatic rings. The number of rotatable bonds is 1. The maximum Gasteiger partial charge on any atom is 0.410 e. The van der Waals surface area contributed by atoms with Gasteiger partial charge in [-0.15, -0.1) is 0 Å². The summed E-state index contributed by atoms with van der Waals surface area (Å²) in [7, 11) is 0. The first-order valence-corrected chi connectivity index (χ1v) is 10.2. The van der Waals surface area contributed by atoms with E-state index in [0.717, 1.165) is 4.90 Å². The molecule has 172 valence electrons. The van der Waals surface area contributed by atoms with E-state index in [1.807, 2.05) is 0 Å². The lowest BCUT2D eigenvalue weighted by molar-refractivity contribution is -0.0333. The second kappa shape index (κ2) is 10.0. The van der Waals surface area contributed by atoms with Crippen LogP contribution in [0.15, 0.2) is 38.2 Å². The molecule has 2 unspecified atom stereocenters. The van der Waals surface area contributed by atoms with E-state index < -0.39 is 41.1 Å². The van der Waals surface area contributed by atoms with Crippen molar-refractivity contribution in [3.8, 4) is 0 Å². The van der Waals surface area contributed by atoms with Crippen LogP contribution in [0.1, 0.15) is 27.7 Å². The van der Waals surface area contributed by atoms with Gasteiger partial charge in [0.15, 0.2) is 11.0 Å². The van der Waals surface area contributed by atoms with Gasteiger partial charge in [0.25, 0.3) is 6.43 Å². The molecule has 12 heteroatoms. The summed E-state index contributed by atoms with van der Waals surface area (Å²) >= 11 is 11.8. The molecule has 1 saturated heterocycles. The first kappa shape index (κ1) is 25.2. The number of nitrogens with zero attached hydrogens (tertiary/aromatic N) is 5. The largest absolute Gasteiger partial charge is 0.444 e. The van der Waals surface area contributed by atoms with Gasteiger partial charge in [-0.25, -0.2) is 32.9 Å². The molecule has 0 aromatic carbocycles. The highest BCUT2D eigenvalue weighted by Gasteiger charge is 2.40. The zero-order valence-corrected chi connectivity index (χ0v) is 19.1. The first-order valence-electron chi connectivity index (χ1n) is 9.44. The number of amidine groups is 2. The number of hydrogen-bond acceptors (Lipinski definition) is 6. The summed E-state index contributed by atoms with van der Waals surface area (Å²) < 4.78 is 46.9. The van der Waals surface area contributed by atoms with Crippen LogP contribution < -0.4 is 0 Å². The van der Waals surface area contributed by atoms with Gasteiger partial charge in [-0.1, -0.05) is 25.1 Å². The second-order valence-electron chi connectivity index (χ2n) is 7.99. The quantitative estimate of drug-likeness (QED) is 0.506. The molecule has 2 heterocycles. The third kappa shape index (κ3) is 6.70. The number of piperazine rings is 1. The fourth-order valence-electron chi connectivity index (χ4n) is 2.94. The maximum absolute atomic E-state index is 14.0. The van der Waals surface area contributed by atoms with Gasteiger partial charge < -0.3 is 9.64 Å². The van der Waals surface area contributed by atoms with Crippen LogP contribution in [0, 0.1) is 5.92 Å². The van der Waals surface area contributed by atoms with Crippen molar-refractivity contribution in [1.29, 1.82) is 0 Å². The molecule has 1 amide bonds. The van der Waals surface area contributed by atoms with E-state index in [4.69, 9.17) is 27.9 Å². The number of hydrogen-bond donors (Lipinski definition) is 0. The Bertz CT molecular complexity index is 852. The lowest BCUT2D eigenvalue weighted by Gasteiger charge is -2.43. The SMILES string of the molecule is C=C1N=C(Cl)/N=C(/N2CCN(C(=O)OC(C)(C)C)C(C(F)F)C2)C(C)/C=N\C(Cl)=C/1F. The third-order valence-corrected chi connectivity index (χ3v) is 4.78. The highest BCUT2D eigenvalue weighted by molar-refractivity contribution is 6.65. The Kier molecular flexibility index (Phi) is 8.15. The van der Waals surface area contributed by atoms with Crippen LogP contribution in [0.3, 0.4) is 0 Å². The number of alkyl halides is 2. The molecule has 0 spiro atoms. The van der Waals surface area contributed by atoms with Crippen molar-refractivity contribution in [3.63, 3.8) is 0 Å². The maximum atomic E-state index is 14.0. The fourth-order valence-corrected chi connectivity index (χ4v) is 3.30. The molecule has 2 atom stereocenters. The smallest absolute Gasteiger partial charge is 0.410 e. The van der Waals surface area contributed by atoms with Crippen molar-refractivity contribution in [2.24, 2.45) is 20.9 Å². The first-order chi connectivity index (χ1) is 14.3. The van der Waals surface area contributed by atoms with E-state index in [1.54, 1.807) is 32.6 Å². The topological polar surface area (TPSA) is 69.9 Å². The lowest BCUT2D eigenvalue weighted by atomic mass is 10.1. The fraction of sp³-hybridized carbons (Fsp3) is 0.579. The van der Waals surface area contributed by atoms with Gasteiger partial charge in [-0.3, -0.25) is 4.90 Å². The highest BCUT2D eigenvalue weighted by atomic mass is 35.5. The predicted molar refractivity (Wildman–Crippen MR) is 116 cm³/mol. The molecule has 0 saturated carbocycles. The molecular weight excluding hydrogens is 458 g/mol. The monoisotopic (exact) mass is 481 g/mol. The van der Waals surface area contributed by atoms with E-state index in [0.29, 0.717) is 0 Å². The van der Waals surface area contributed by atoms with Crippen molar-refractivity contribution in [3.05, 3.63) is 23.3 Å². The molecule has 2 rings (SSSR count). The van der Waals surface area contributed by atoms with Gasteiger partial charge in [0.05, 0.1) is 5.70 Å². The molecule has 0 aromatic heterocycles. The molecule has 2 aliphatic rings. The van der Waals surface area contributed by atoms with Crippen LogP contribution >= 0.6 is 23.2 Å². The number of carbonyl (C=O) groups is 1. The number of aliphatic imine (C=N–C) groups is 3. The summed E-state index contributed by atoms with van der Waals surface area (Å²) in [6.07, 6.45) is -2.32. The Morgan fingerprint density at radius 1 is 1.29 bits per heavy atom. The van der Waals surface area contributed by atoms with Gasteiger partial charge in [-0.2, -0.15) is 0 Å². The average molecular weight is 482 g/mol. The van der Waals surface area contributed by atoms with E-state index in [-0.39, 0.29) is 36.5 Å². The van der Waals surface area contributed by atoms with Crippen molar-refractivity contribution in [2.75, 3.05) is 19.6 Å². The van der Waals surface area contributed by atoms with Crippen LogP contribution in [-0.2, 0) is 4.74 Å². The Hall–Kier alpha value is -2.07. The molecule has 7 nitrogen and oxygen atoms in total. The summed E-state index contributed by atoms with van der Waals surface area (Å²) in [5.41, 5.74) is -1.19.